The van der Waals surface area contributed by atoms with Gasteiger partial charge in [-0.2, -0.15) is 0 Å². The van der Waals surface area contributed by atoms with Crippen LogP contribution < -0.4 is 0 Å². The van der Waals surface area contributed by atoms with Crippen LogP contribution in [0.15, 0.2) is 43.0 Å². The van der Waals surface area contributed by atoms with Crippen LogP contribution in [0.2, 0.25) is 0 Å². The van der Waals surface area contributed by atoms with Gasteiger partial charge in [-0.25, -0.2) is 0 Å². The van der Waals surface area contributed by atoms with Gasteiger partial charge in [0.25, 0.3) is 0 Å². The Bertz CT molecular complexity index is 1070. The Morgan fingerprint density at radius 2 is 1.83 bits per heavy atom. The first-order valence-corrected chi connectivity index (χ1v) is 13.7. The molecule has 11 heteroatoms. The first kappa shape index (κ1) is 32.4. The highest BCUT2D eigenvalue weighted by Crippen LogP contribution is 2.37. The summed E-state index contributed by atoms with van der Waals surface area (Å²) in [6.45, 7) is 8.80. The van der Waals surface area contributed by atoms with Crippen molar-refractivity contribution >= 4 is 23.7 Å². The molecule has 1 unspecified atom stereocenters. The number of Topliss-reactive ketones (excluding diaryl/α,β-unsaturated/α-hetero) is 1. The van der Waals surface area contributed by atoms with E-state index < -0.39 is 60.1 Å². The molecule has 226 valence electrons. The molecule has 11 nitrogen and oxygen atoms in total. The molecule has 3 rings (SSSR count). The van der Waals surface area contributed by atoms with Gasteiger partial charge < -0.3 is 33.5 Å². The molecule has 0 radical (unpaired) electrons. The molecule has 0 amide bonds. The zero-order chi connectivity index (χ0) is 30.2. The highest BCUT2D eigenvalue weighted by Gasteiger charge is 2.55. The summed E-state index contributed by atoms with van der Waals surface area (Å²) < 4.78 is 34.7. The summed E-state index contributed by atoms with van der Waals surface area (Å²) in [5, 5.41) is 11.5. The molecular weight excluding hydrogens is 536 g/mol. The summed E-state index contributed by atoms with van der Waals surface area (Å²) in [5.74, 6) is -2.14. The van der Waals surface area contributed by atoms with E-state index >= 15 is 0 Å². The van der Waals surface area contributed by atoms with Crippen molar-refractivity contribution in [1.82, 2.24) is 0 Å². The fourth-order valence-corrected chi connectivity index (χ4v) is 5.24. The van der Waals surface area contributed by atoms with Gasteiger partial charge >= 0.3 is 17.9 Å². The van der Waals surface area contributed by atoms with Crippen LogP contribution in [0.5, 0.6) is 0 Å². The second-order valence-corrected chi connectivity index (χ2v) is 10.7. The molecule has 1 N–H and O–H groups in total. The quantitative estimate of drug-likeness (QED) is 0.210. The maximum Gasteiger partial charge on any atom is 0.303 e. The van der Waals surface area contributed by atoms with E-state index in [9.17, 15) is 24.3 Å². The first-order valence-electron chi connectivity index (χ1n) is 13.7. The van der Waals surface area contributed by atoms with Gasteiger partial charge in [0.2, 0.25) is 0 Å². The Hall–Kier alpha value is -3.12. The van der Waals surface area contributed by atoms with Crippen LogP contribution in [-0.4, -0.2) is 83.7 Å². The minimum atomic E-state index is -1.36. The molecule has 2 fully saturated rings. The van der Waals surface area contributed by atoms with E-state index in [4.69, 9.17) is 28.4 Å². The summed E-state index contributed by atoms with van der Waals surface area (Å²) in [7, 11) is 0. The van der Waals surface area contributed by atoms with E-state index in [2.05, 4.69) is 6.58 Å². The average molecular weight is 577 g/mol. The lowest BCUT2D eigenvalue weighted by Gasteiger charge is -2.36. The zero-order valence-electron chi connectivity index (χ0n) is 24.0. The molecule has 2 saturated heterocycles. The van der Waals surface area contributed by atoms with Crippen LogP contribution in [0, 0.1) is 0 Å². The number of carbonyl (C=O) groups excluding carboxylic acids is 4. The van der Waals surface area contributed by atoms with Crippen LogP contribution in [-0.2, 0) is 54.2 Å². The molecule has 41 heavy (non-hydrogen) atoms. The molecule has 0 spiro atoms. The van der Waals surface area contributed by atoms with E-state index in [-0.39, 0.29) is 37.9 Å². The summed E-state index contributed by atoms with van der Waals surface area (Å²) in [4.78, 5) is 48.7. The number of benzene rings is 1. The Morgan fingerprint density at radius 3 is 2.44 bits per heavy atom. The molecule has 0 saturated carbocycles. The van der Waals surface area contributed by atoms with Gasteiger partial charge in [0, 0.05) is 33.6 Å². The molecule has 2 aliphatic rings. The maximum absolute atomic E-state index is 13.0. The van der Waals surface area contributed by atoms with Gasteiger partial charge in [-0.3, -0.25) is 19.2 Å². The van der Waals surface area contributed by atoms with Crippen LogP contribution >= 0.6 is 0 Å². The number of ether oxygens (including phenoxy) is 6. The third-order valence-electron chi connectivity index (χ3n) is 6.98. The lowest BCUT2D eigenvalue weighted by atomic mass is 9.91. The van der Waals surface area contributed by atoms with E-state index in [0.717, 1.165) is 5.56 Å². The van der Waals surface area contributed by atoms with Crippen molar-refractivity contribution in [3.05, 3.63) is 48.6 Å². The van der Waals surface area contributed by atoms with Crippen molar-refractivity contribution in [2.75, 3.05) is 6.61 Å². The number of hydrogen-bond acceptors (Lipinski definition) is 11. The molecular formula is C30H40O11. The van der Waals surface area contributed by atoms with Gasteiger partial charge in [0.05, 0.1) is 18.8 Å². The van der Waals surface area contributed by atoms with Crippen molar-refractivity contribution in [3.8, 4) is 0 Å². The number of hydrogen-bond donors (Lipinski definition) is 1. The van der Waals surface area contributed by atoms with Crippen molar-refractivity contribution in [2.24, 2.45) is 0 Å². The fraction of sp³-hybridized carbons (Fsp3) is 0.600. The third kappa shape index (κ3) is 9.19. The Morgan fingerprint density at radius 1 is 1.12 bits per heavy atom. The molecule has 0 bridgehead atoms. The van der Waals surface area contributed by atoms with Crippen molar-refractivity contribution in [1.29, 1.82) is 0 Å². The highest BCUT2D eigenvalue weighted by atomic mass is 16.6. The summed E-state index contributed by atoms with van der Waals surface area (Å²) in [5.41, 5.74) is -0.506. The lowest BCUT2D eigenvalue weighted by Crippen LogP contribution is -2.53. The van der Waals surface area contributed by atoms with Gasteiger partial charge in [-0.15, -0.1) is 6.58 Å². The molecule has 0 aliphatic carbocycles. The SMILES string of the molecule is C=CCC1CCC(=O)[C@@H]([C@@H](OC(C)=O)[C@@H]2O[C@H](C[C@@](C)(COC(C)=O)OC(C)=O)[C@H](OCc3ccccc3)[C@@H]2O)O1. The zero-order valence-corrected chi connectivity index (χ0v) is 24.0. The van der Waals surface area contributed by atoms with Gasteiger partial charge in [0.1, 0.15) is 30.5 Å². The van der Waals surface area contributed by atoms with Gasteiger partial charge in [0.15, 0.2) is 18.0 Å². The van der Waals surface area contributed by atoms with Crippen LogP contribution in [0.3, 0.4) is 0 Å². The van der Waals surface area contributed by atoms with Gasteiger partial charge in [-0.1, -0.05) is 36.4 Å². The highest BCUT2D eigenvalue weighted by molar-refractivity contribution is 5.85. The van der Waals surface area contributed by atoms with Crippen molar-refractivity contribution in [3.63, 3.8) is 0 Å². The third-order valence-corrected chi connectivity index (χ3v) is 6.98. The Labute approximate surface area is 240 Å². The normalized spacial score (nSPS) is 28.3. The van der Waals surface area contributed by atoms with Crippen molar-refractivity contribution in [2.45, 2.75) is 108 Å². The molecule has 2 heterocycles. The molecule has 0 aromatic heterocycles. The number of ketones is 1. The Balaban J connectivity index is 1.93. The van der Waals surface area contributed by atoms with E-state index in [1.807, 2.05) is 30.3 Å². The summed E-state index contributed by atoms with van der Waals surface area (Å²) >= 11 is 0. The van der Waals surface area contributed by atoms with E-state index in [0.29, 0.717) is 12.8 Å². The van der Waals surface area contributed by atoms with E-state index in [1.165, 1.54) is 20.8 Å². The fourth-order valence-electron chi connectivity index (χ4n) is 5.24. The molecule has 2 aliphatic heterocycles. The topological polar surface area (TPSA) is 144 Å². The molecule has 1 aromatic carbocycles. The van der Waals surface area contributed by atoms with Crippen LogP contribution in [0.25, 0.3) is 0 Å². The predicted molar refractivity (Wildman–Crippen MR) is 144 cm³/mol. The monoisotopic (exact) mass is 576 g/mol. The van der Waals surface area contributed by atoms with Gasteiger partial charge in [-0.05, 0) is 25.3 Å². The van der Waals surface area contributed by atoms with E-state index in [1.54, 1.807) is 13.0 Å². The number of rotatable bonds is 13. The molecule has 1 aromatic rings. The second kappa shape index (κ2) is 14.7. The second-order valence-electron chi connectivity index (χ2n) is 10.7. The largest absolute Gasteiger partial charge is 0.462 e. The minimum absolute atomic E-state index is 0.0434. The smallest absolute Gasteiger partial charge is 0.303 e. The van der Waals surface area contributed by atoms with Crippen LogP contribution in [0.4, 0.5) is 0 Å². The van der Waals surface area contributed by atoms with Crippen LogP contribution in [0.1, 0.15) is 58.9 Å². The Kier molecular flexibility index (Phi) is 11.6. The number of aliphatic hydroxyl groups excluding tert-OH is 1. The number of esters is 3. The number of carbonyl (C=O) groups is 4. The summed E-state index contributed by atoms with van der Waals surface area (Å²) in [6.07, 6.45) is -4.42. The minimum Gasteiger partial charge on any atom is -0.462 e. The first-order chi connectivity index (χ1) is 19.4. The predicted octanol–water partition coefficient (Wildman–Crippen LogP) is 2.60. The lowest BCUT2D eigenvalue weighted by molar-refractivity contribution is -0.193. The standard InChI is InChI=1S/C30H40O11/c1-6-10-22-13-14-23(34)26(39-22)29(38-19(3)32)28-25(35)27(36-16-21-11-8-7-9-12-21)24(40-28)15-30(5,41-20(4)33)17-37-18(2)31/h6-9,11-12,22,24-29,35H,1,10,13-17H2,2-5H3/t22?,24-,25+,26+,27+,28-,29-,30+/m1/s1. The average Bonchev–Trinajstić information content (AvgIpc) is 3.20. The summed E-state index contributed by atoms with van der Waals surface area (Å²) in [6, 6.07) is 9.27. The number of aliphatic hydroxyl groups is 1. The molecule has 8 atom stereocenters. The maximum atomic E-state index is 13.0. The van der Waals surface area contributed by atoms with Crippen molar-refractivity contribution < 1.29 is 52.7 Å².